The van der Waals surface area contributed by atoms with Crippen LogP contribution in [0.3, 0.4) is 0 Å². The number of hydrogen-bond donors (Lipinski definition) is 1. The lowest BCUT2D eigenvalue weighted by Gasteiger charge is -2.13. The first-order valence-electron chi connectivity index (χ1n) is 9.12. The molecule has 1 N–H and O–H groups in total. The number of benzene rings is 1. The fourth-order valence-electron chi connectivity index (χ4n) is 2.56. The maximum absolute atomic E-state index is 12.4. The van der Waals surface area contributed by atoms with Crippen LogP contribution < -0.4 is 10.1 Å². The molecule has 0 aliphatic carbocycles. The third kappa shape index (κ3) is 5.35. The van der Waals surface area contributed by atoms with Crippen molar-refractivity contribution in [1.29, 1.82) is 0 Å². The molecule has 1 aromatic carbocycles. The number of methoxy groups -OCH3 is 1. The van der Waals surface area contributed by atoms with Gasteiger partial charge in [-0.1, -0.05) is 44.7 Å². The maximum Gasteiger partial charge on any atom is 0.235 e. The second-order valence-electron chi connectivity index (χ2n) is 7.59. The van der Waals surface area contributed by atoms with Gasteiger partial charge in [0.25, 0.3) is 0 Å². The number of nitrogens with zero attached hydrogens (tertiary/aromatic N) is 6. The molecule has 2 heterocycles. The molecule has 3 rings (SSSR count). The number of aromatic nitrogens is 6. The molecule has 0 atom stereocenters. The average Bonchev–Trinajstić information content (AvgIpc) is 3.27. The third-order valence-corrected chi connectivity index (χ3v) is 5.20. The Morgan fingerprint density at radius 1 is 1.24 bits per heavy atom. The molecule has 3 aromatic rings. The molecule has 10 heteroatoms. The standard InChI is InChI=1S/C19H25N7O2S/c1-19(2,3)15-10-16(25(4)22-15)20-17(27)12-29-18-21-23-24-26(18)11-13-6-8-14(28-5)9-7-13/h6-10H,11-12H2,1-5H3,(H,20,27). The van der Waals surface area contributed by atoms with Crippen LogP contribution in [0.5, 0.6) is 5.75 Å². The van der Waals surface area contributed by atoms with Gasteiger partial charge in [-0.05, 0) is 28.1 Å². The largest absolute Gasteiger partial charge is 0.497 e. The van der Waals surface area contributed by atoms with Crippen LogP contribution in [0.1, 0.15) is 32.0 Å². The number of nitrogens with one attached hydrogen (secondary N) is 1. The quantitative estimate of drug-likeness (QED) is 0.592. The van der Waals surface area contributed by atoms with E-state index in [1.165, 1.54) is 11.8 Å². The fraction of sp³-hybridized carbons (Fsp3) is 0.421. The predicted molar refractivity (Wildman–Crippen MR) is 111 cm³/mol. The molecule has 0 saturated heterocycles. The van der Waals surface area contributed by atoms with Gasteiger partial charge in [0.1, 0.15) is 11.6 Å². The molecule has 0 bridgehead atoms. The van der Waals surface area contributed by atoms with Crippen molar-refractivity contribution in [2.45, 2.75) is 37.9 Å². The highest BCUT2D eigenvalue weighted by Gasteiger charge is 2.20. The lowest BCUT2D eigenvalue weighted by Crippen LogP contribution is -2.17. The lowest BCUT2D eigenvalue weighted by molar-refractivity contribution is -0.113. The number of carbonyl (C=O) groups is 1. The van der Waals surface area contributed by atoms with Crippen molar-refractivity contribution in [3.8, 4) is 5.75 Å². The van der Waals surface area contributed by atoms with Crippen molar-refractivity contribution >= 4 is 23.5 Å². The molecule has 0 aliphatic rings. The third-order valence-electron chi connectivity index (χ3n) is 4.24. The van der Waals surface area contributed by atoms with Crippen molar-refractivity contribution in [3.63, 3.8) is 0 Å². The molecule has 9 nitrogen and oxygen atoms in total. The minimum Gasteiger partial charge on any atom is -0.497 e. The van der Waals surface area contributed by atoms with Crippen LogP contribution in [0.2, 0.25) is 0 Å². The smallest absolute Gasteiger partial charge is 0.235 e. The zero-order valence-electron chi connectivity index (χ0n) is 17.2. The number of aryl methyl sites for hydroxylation is 1. The SMILES string of the molecule is COc1ccc(Cn2nnnc2SCC(=O)Nc2cc(C(C)(C)C)nn2C)cc1. The molecule has 0 saturated carbocycles. The summed E-state index contributed by atoms with van der Waals surface area (Å²) < 4.78 is 8.51. The van der Waals surface area contributed by atoms with E-state index >= 15 is 0 Å². The van der Waals surface area contributed by atoms with E-state index in [0.29, 0.717) is 17.5 Å². The van der Waals surface area contributed by atoms with Gasteiger partial charge in [-0.2, -0.15) is 5.10 Å². The van der Waals surface area contributed by atoms with Crippen molar-refractivity contribution in [3.05, 3.63) is 41.6 Å². The van der Waals surface area contributed by atoms with Gasteiger partial charge in [0, 0.05) is 18.5 Å². The molecule has 1 amide bonds. The topological polar surface area (TPSA) is 99.8 Å². The molecular formula is C19H25N7O2S. The minimum absolute atomic E-state index is 0.0843. The number of amides is 1. The summed E-state index contributed by atoms with van der Waals surface area (Å²) in [7, 11) is 3.44. The summed E-state index contributed by atoms with van der Waals surface area (Å²) in [6.45, 7) is 6.76. The Labute approximate surface area is 173 Å². The molecule has 0 fully saturated rings. The zero-order chi connectivity index (χ0) is 21.0. The molecule has 0 unspecified atom stereocenters. The van der Waals surface area contributed by atoms with Gasteiger partial charge in [0.05, 0.1) is 25.1 Å². The van der Waals surface area contributed by atoms with Crippen LogP contribution in [-0.2, 0) is 23.8 Å². The summed E-state index contributed by atoms with van der Waals surface area (Å²) >= 11 is 1.29. The normalized spacial score (nSPS) is 11.5. The van der Waals surface area contributed by atoms with Gasteiger partial charge in [-0.25, -0.2) is 4.68 Å². The van der Waals surface area contributed by atoms with Crippen molar-refractivity contribution in [2.24, 2.45) is 7.05 Å². The summed E-state index contributed by atoms with van der Waals surface area (Å²) in [5.74, 6) is 1.51. The first-order chi connectivity index (χ1) is 13.8. The summed E-state index contributed by atoms with van der Waals surface area (Å²) in [6, 6.07) is 9.59. The molecule has 29 heavy (non-hydrogen) atoms. The van der Waals surface area contributed by atoms with Crippen molar-refractivity contribution in [1.82, 2.24) is 30.0 Å². The second-order valence-corrected chi connectivity index (χ2v) is 8.53. The van der Waals surface area contributed by atoms with E-state index in [4.69, 9.17) is 4.74 Å². The fourth-order valence-corrected chi connectivity index (χ4v) is 3.24. The first kappa shape index (κ1) is 20.8. The predicted octanol–water partition coefficient (Wildman–Crippen LogP) is 2.49. The van der Waals surface area contributed by atoms with Crippen LogP contribution in [0.15, 0.2) is 35.5 Å². The first-order valence-corrected chi connectivity index (χ1v) is 10.1. The van der Waals surface area contributed by atoms with E-state index in [0.717, 1.165) is 17.0 Å². The number of anilines is 1. The van der Waals surface area contributed by atoms with E-state index in [-0.39, 0.29) is 17.1 Å². The number of tetrazole rings is 1. The summed E-state index contributed by atoms with van der Waals surface area (Å²) in [4.78, 5) is 12.4. The highest BCUT2D eigenvalue weighted by atomic mass is 32.2. The summed E-state index contributed by atoms with van der Waals surface area (Å²) in [6.07, 6.45) is 0. The maximum atomic E-state index is 12.4. The molecule has 0 aliphatic heterocycles. The van der Waals surface area contributed by atoms with E-state index in [1.54, 1.807) is 16.5 Å². The number of carbonyl (C=O) groups excluding carboxylic acids is 1. The molecular weight excluding hydrogens is 390 g/mol. The number of ether oxygens (including phenoxy) is 1. The van der Waals surface area contributed by atoms with Crippen LogP contribution >= 0.6 is 11.8 Å². The van der Waals surface area contributed by atoms with Crippen LogP contribution in [0.4, 0.5) is 5.82 Å². The van der Waals surface area contributed by atoms with Crippen LogP contribution in [-0.4, -0.2) is 48.8 Å². The molecule has 154 valence electrons. The van der Waals surface area contributed by atoms with Crippen molar-refractivity contribution in [2.75, 3.05) is 18.2 Å². The van der Waals surface area contributed by atoms with E-state index in [9.17, 15) is 4.79 Å². The highest BCUT2D eigenvalue weighted by Crippen LogP contribution is 2.24. The number of thioether (sulfide) groups is 1. The van der Waals surface area contributed by atoms with Crippen LogP contribution in [0.25, 0.3) is 0 Å². The van der Waals surface area contributed by atoms with E-state index in [2.05, 4.69) is 46.7 Å². The Morgan fingerprint density at radius 2 is 1.97 bits per heavy atom. The summed E-state index contributed by atoms with van der Waals surface area (Å²) in [5, 5.41) is 19.7. The molecule has 2 aromatic heterocycles. The Bertz CT molecular complexity index is 973. The van der Waals surface area contributed by atoms with Crippen LogP contribution in [0, 0.1) is 0 Å². The Balaban J connectivity index is 1.58. The van der Waals surface area contributed by atoms with E-state index in [1.807, 2.05) is 37.4 Å². The lowest BCUT2D eigenvalue weighted by atomic mass is 9.92. The monoisotopic (exact) mass is 415 g/mol. The second kappa shape index (κ2) is 8.64. The van der Waals surface area contributed by atoms with Gasteiger partial charge in [0.15, 0.2) is 0 Å². The summed E-state index contributed by atoms with van der Waals surface area (Å²) in [5.41, 5.74) is 1.87. The van der Waals surface area contributed by atoms with Crippen molar-refractivity contribution < 1.29 is 9.53 Å². The molecule has 0 radical (unpaired) electrons. The van der Waals surface area contributed by atoms with Gasteiger partial charge >= 0.3 is 0 Å². The number of hydrogen-bond acceptors (Lipinski definition) is 7. The van der Waals surface area contributed by atoms with Gasteiger partial charge in [-0.3, -0.25) is 9.48 Å². The Kier molecular flexibility index (Phi) is 6.21. The van der Waals surface area contributed by atoms with Gasteiger partial charge < -0.3 is 10.1 Å². The van der Waals surface area contributed by atoms with E-state index < -0.39 is 0 Å². The average molecular weight is 416 g/mol. The highest BCUT2D eigenvalue weighted by molar-refractivity contribution is 7.99. The van der Waals surface area contributed by atoms with Gasteiger partial charge in [-0.15, -0.1) is 5.10 Å². The number of rotatable bonds is 7. The Morgan fingerprint density at radius 3 is 2.59 bits per heavy atom. The zero-order valence-corrected chi connectivity index (χ0v) is 18.0. The molecule has 0 spiro atoms. The Hall–Kier alpha value is -2.88. The van der Waals surface area contributed by atoms with Gasteiger partial charge in [0.2, 0.25) is 11.1 Å². The minimum atomic E-state index is -0.141.